The lowest BCUT2D eigenvalue weighted by Gasteiger charge is -2.18. The fourth-order valence-electron chi connectivity index (χ4n) is 2.93. The van der Waals surface area contributed by atoms with E-state index >= 15 is 0 Å². The summed E-state index contributed by atoms with van der Waals surface area (Å²) in [4.78, 5) is 14.0. The molecule has 1 aliphatic heterocycles. The van der Waals surface area contributed by atoms with Gasteiger partial charge in [-0.2, -0.15) is 0 Å². The first-order chi connectivity index (χ1) is 11.2. The van der Waals surface area contributed by atoms with E-state index in [2.05, 4.69) is 48.0 Å². The molecule has 1 saturated heterocycles. The zero-order valence-electron chi connectivity index (χ0n) is 13.5. The molecule has 2 unspecified atom stereocenters. The van der Waals surface area contributed by atoms with Crippen LogP contribution in [0.15, 0.2) is 41.8 Å². The summed E-state index contributed by atoms with van der Waals surface area (Å²) in [6.07, 6.45) is 3.06. The number of carbonyl (C=O) groups excluding carboxylic acids is 1. The van der Waals surface area contributed by atoms with E-state index in [0.717, 1.165) is 31.4 Å². The van der Waals surface area contributed by atoms with Crippen LogP contribution >= 0.6 is 11.3 Å². The van der Waals surface area contributed by atoms with Crippen LogP contribution in [0, 0.1) is 6.92 Å². The highest BCUT2D eigenvalue weighted by Crippen LogP contribution is 2.24. The molecule has 1 aliphatic rings. The van der Waals surface area contributed by atoms with Crippen LogP contribution in [0.5, 0.6) is 0 Å². The molecule has 1 amide bonds. The molecule has 4 heteroatoms. The molecule has 3 rings (SSSR count). The molecular formula is C19H23NO2S. The summed E-state index contributed by atoms with van der Waals surface area (Å²) in [5.41, 5.74) is 2.29. The Morgan fingerprint density at radius 2 is 2.17 bits per heavy atom. The monoisotopic (exact) mass is 329 g/mol. The first-order valence-corrected chi connectivity index (χ1v) is 9.08. The molecule has 2 heterocycles. The number of benzene rings is 1. The minimum atomic E-state index is -0.143. The molecule has 1 N–H and O–H groups in total. The first kappa shape index (κ1) is 16.2. The fourth-order valence-corrected chi connectivity index (χ4v) is 3.69. The molecule has 23 heavy (non-hydrogen) atoms. The summed E-state index contributed by atoms with van der Waals surface area (Å²) in [5, 5.41) is 5.15. The van der Waals surface area contributed by atoms with Crippen LogP contribution in [-0.2, 0) is 16.0 Å². The van der Waals surface area contributed by atoms with Crippen molar-refractivity contribution in [3.05, 3.63) is 57.8 Å². The van der Waals surface area contributed by atoms with Gasteiger partial charge < -0.3 is 10.1 Å². The third-order valence-corrected chi connectivity index (χ3v) is 5.21. The number of amides is 1. The van der Waals surface area contributed by atoms with Crippen molar-refractivity contribution in [3.8, 4) is 0 Å². The standard InChI is InChI=1S/C19H23NO2S/c1-14-6-8-15(9-7-14)18(12-17-5-3-11-23-17)19(21)20-13-16-4-2-10-22-16/h3,5-9,11,16,18H,2,4,10,12-13H2,1H3,(H,20,21). The number of carbonyl (C=O) groups is 1. The van der Waals surface area contributed by atoms with E-state index in [-0.39, 0.29) is 17.9 Å². The number of hydrogen-bond acceptors (Lipinski definition) is 3. The molecule has 0 saturated carbocycles. The SMILES string of the molecule is Cc1ccc(C(Cc2cccs2)C(=O)NCC2CCCO2)cc1. The maximum absolute atomic E-state index is 12.7. The molecule has 1 aromatic carbocycles. The van der Waals surface area contributed by atoms with Gasteiger partial charge in [0, 0.05) is 18.0 Å². The molecule has 2 aromatic rings. The van der Waals surface area contributed by atoms with E-state index < -0.39 is 0 Å². The summed E-state index contributed by atoms with van der Waals surface area (Å²) < 4.78 is 5.60. The zero-order chi connectivity index (χ0) is 16.1. The third kappa shape index (κ3) is 4.43. The molecule has 0 aliphatic carbocycles. The van der Waals surface area contributed by atoms with Gasteiger partial charge in [0.15, 0.2) is 0 Å². The lowest BCUT2D eigenvalue weighted by molar-refractivity contribution is -0.123. The minimum Gasteiger partial charge on any atom is -0.376 e. The lowest BCUT2D eigenvalue weighted by Crippen LogP contribution is -2.36. The Morgan fingerprint density at radius 3 is 2.83 bits per heavy atom. The molecule has 2 atom stereocenters. The minimum absolute atomic E-state index is 0.0951. The maximum Gasteiger partial charge on any atom is 0.228 e. The van der Waals surface area contributed by atoms with Gasteiger partial charge in [-0.1, -0.05) is 35.9 Å². The Bertz CT molecular complexity index is 615. The average Bonchev–Trinajstić information content (AvgIpc) is 3.25. The van der Waals surface area contributed by atoms with Gasteiger partial charge in [-0.05, 0) is 43.2 Å². The summed E-state index contributed by atoms with van der Waals surface area (Å²) in [7, 11) is 0. The number of rotatable bonds is 6. The quantitative estimate of drug-likeness (QED) is 0.878. The Kier molecular flexibility index (Phi) is 5.47. The van der Waals surface area contributed by atoms with Crippen molar-refractivity contribution in [3.63, 3.8) is 0 Å². The van der Waals surface area contributed by atoms with Crippen molar-refractivity contribution in [1.29, 1.82) is 0 Å². The topological polar surface area (TPSA) is 38.3 Å². The number of nitrogens with one attached hydrogen (secondary N) is 1. The average molecular weight is 329 g/mol. The van der Waals surface area contributed by atoms with Gasteiger partial charge in [0.05, 0.1) is 12.0 Å². The predicted octanol–water partition coefficient (Wildman–Crippen LogP) is 3.68. The second-order valence-electron chi connectivity index (χ2n) is 6.13. The molecule has 1 fully saturated rings. The molecule has 0 radical (unpaired) electrons. The number of hydrogen-bond donors (Lipinski definition) is 1. The molecule has 0 bridgehead atoms. The van der Waals surface area contributed by atoms with Gasteiger partial charge in [-0.15, -0.1) is 11.3 Å². The van der Waals surface area contributed by atoms with Crippen LogP contribution in [0.25, 0.3) is 0 Å². The second kappa shape index (κ2) is 7.75. The largest absolute Gasteiger partial charge is 0.376 e. The third-order valence-electron chi connectivity index (χ3n) is 4.31. The van der Waals surface area contributed by atoms with Crippen molar-refractivity contribution in [2.45, 2.75) is 38.2 Å². The number of ether oxygens (including phenoxy) is 1. The number of aryl methyl sites for hydroxylation is 1. The second-order valence-corrected chi connectivity index (χ2v) is 7.16. The Morgan fingerprint density at radius 1 is 1.35 bits per heavy atom. The van der Waals surface area contributed by atoms with Gasteiger partial charge in [0.25, 0.3) is 0 Å². The van der Waals surface area contributed by atoms with Crippen molar-refractivity contribution in [2.75, 3.05) is 13.2 Å². The predicted molar refractivity (Wildman–Crippen MR) is 93.9 cm³/mol. The molecule has 1 aromatic heterocycles. The van der Waals surface area contributed by atoms with Crippen molar-refractivity contribution in [2.24, 2.45) is 0 Å². The van der Waals surface area contributed by atoms with Crippen LogP contribution in [0.4, 0.5) is 0 Å². The summed E-state index contributed by atoms with van der Waals surface area (Å²) in [6.45, 7) is 3.50. The first-order valence-electron chi connectivity index (χ1n) is 8.20. The van der Waals surface area contributed by atoms with Crippen LogP contribution in [0.3, 0.4) is 0 Å². The van der Waals surface area contributed by atoms with E-state index in [4.69, 9.17) is 4.74 Å². The Hall–Kier alpha value is -1.65. The van der Waals surface area contributed by atoms with E-state index in [9.17, 15) is 4.79 Å². The summed E-state index contributed by atoms with van der Waals surface area (Å²) in [5.74, 6) is -0.0478. The molecule has 0 spiro atoms. The molecule has 3 nitrogen and oxygen atoms in total. The van der Waals surface area contributed by atoms with Gasteiger partial charge in [-0.25, -0.2) is 0 Å². The van der Waals surface area contributed by atoms with Crippen LogP contribution < -0.4 is 5.32 Å². The van der Waals surface area contributed by atoms with Crippen molar-refractivity contribution in [1.82, 2.24) is 5.32 Å². The highest BCUT2D eigenvalue weighted by Gasteiger charge is 2.23. The van der Waals surface area contributed by atoms with E-state index in [1.54, 1.807) is 11.3 Å². The van der Waals surface area contributed by atoms with Crippen LogP contribution in [0.2, 0.25) is 0 Å². The summed E-state index contributed by atoms with van der Waals surface area (Å²) >= 11 is 1.71. The normalized spacial score (nSPS) is 18.7. The van der Waals surface area contributed by atoms with Crippen LogP contribution in [-0.4, -0.2) is 25.2 Å². The van der Waals surface area contributed by atoms with Gasteiger partial charge in [-0.3, -0.25) is 4.79 Å². The van der Waals surface area contributed by atoms with E-state index in [1.807, 2.05) is 6.07 Å². The van der Waals surface area contributed by atoms with Gasteiger partial charge in [0.1, 0.15) is 0 Å². The molecule has 122 valence electrons. The highest BCUT2D eigenvalue weighted by molar-refractivity contribution is 7.09. The van der Waals surface area contributed by atoms with Crippen molar-refractivity contribution < 1.29 is 9.53 Å². The molecular weight excluding hydrogens is 306 g/mol. The fraction of sp³-hybridized carbons (Fsp3) is 0.421. The van der Waals surface area contributed by atoms with Gasteiger partial charge >= 0.3 is 0 Å². The highest BCUT2D eigenvalue weighted by atomic mass is 32.1. The Balaban J connectivity index is 1.70. The van der Waals surface area contributed by atoms with Crippen molar-refractivity contribution >= 4 is 17.2 Å². The Labute approximate surface area is 141 Å². The van der Waals surface area contributed by atoms with E-state index in [0.29, 0.717) is 6.54 Å². The number of thiophene rings is 1. The van der Waals surface area contributed by atoms with E-state index in [1.165, 1.54) is 10.4 Å². The maximum atomic E-state index is 12.7. The summed E-state index contributed by atoms with van der Waals surface area (Å²) in [6, 6.07) is 12.4. The smallest absolute Gasteiger partial charge is 0.228 e. The lowest BCUT2D eigenvalue weighted by atomic mass is 9.93. The van der Waals surface area contributed by atoms with Crippen LogP contribution in [0.1, 0.15) is 34.8 Å². The van der Waals surface area contributed by atoms with Gasteiger partial charge in [0.2, 0.25) is 5.91 Å². The zero-order valence-corrected chi connectivity index (χ0v) is 14.3.